The lowest BCUT2D eigenvalue weighted by atomic mass is 10.1. The molecule has 0 saturated heterocycles. The Kier molecular flexibility index (Phi) is 5.15. The standard InChI is InChI=1S/C14H21N3O2S/c1-10(2)7-11(3)17(4)20(18,19)14-6-5-12(9-15)8-13(14)16/h5-6,8,10-11H,7,16H2,1-4H3. The third kappa shape index (κ3) is 3.50. The summed E-state index contributed by atoms with van der Waals surface area (Å²) >= 11 is 0. The number of anilines is 1. The molecular weight excluding hydrogens is 274 g/mol. The summed E-state index contributed by atoms with van der Waals surface area (Å²) in [6, 6.07) is 6.06. The van der Waals surface area contributed by atoms with Crippen LogP contribution < -0.4 is 5.73 Å². The van der Waals surface area contributed by atoms with Crippen LogP contribution in [-0.2, 0) is 10.0 Å². The van der Waals surface area contributed by atoms with E-state index >= 15 is 0 Å². The molecule has 6 heteroatoms. The molecule has 1 atom stereocenters. The van der Waals surface area contributed by atoms with Crippen molar-refractivity contribution < 1.29 is 8.42 Å². The first kappa shape index (κ1) is 16.5. The minimum atomic E-state index is -3.64. The number of nitrogens with two attached hydrogens (primary N) is 1. The van der Waals surface area contributed by atoms with E-state index in [2.05, 4.69) is 0 Å². The van der Waals surface area contributed by atoms with E-state index in [0.717, 1.165) is 6.42 Å². The number of rotatable bonds is 5. The number of benzene rings is 1. The Balaban J connectivity index is 3.14. The van der Waals surface area contributed by atoms with Gasteiger partial charge in [0.15, 0.2) is 0 Å². The zero-order valence-corrected chi connectivity index (χ0v) is 13.1. The van der Waals surface area contributed by atoms with Gasteiger partial charge in [-0.25, -0.2) is 8.42 Å². The predicted octanol–water partition coefficient (Wildman–Crippen LogP) is 2.20. The Morgan fingerprint density at radius 3 is 2.40 bits per heavy atom. The van der Waals surface area contributed by atoms with Crippen molar-refractivity contribution in [3.63, 3.8) is 0 Å². The van der Waals surface area contributed by atoms with Gasteiger partial charge in [0.05, 0.1) is 17.3 Å². The highest BCUT2D eigenvalue weighted by atomic mass is 32.2. The molecule has 0 aliphatic carbocycles. The lowest BCUT2D eigenvalue weighted by molar-refractivity contribution is 0.338. The van der Waals surface area contributed by atoms with Crippen molar-refractivity contribution >= 4 is 15.7 Å². The van der Waals surface area contributed by atoms with E-state index in [1.54, 1.807) is 7.05 Å². The van der Waals surface area contributed by atoms with Gasteiger partial charge >= 0.3 is 0 Å². The van der Waals surface area contributed by atoms with Crippen molar-refractivity contribution in [2.75, 3.05) is 12.8 Å². The third-order valence-electron chi connectivity index (χ3n) is 3.23. The number of hydrogen-bond acceptors (Lipinski definition) is 4. The number of nitrogens with zero attached hydrogens (tertiary/aromatic N) is 2. The quantitative estimate of drug-likeness (QED) is 0.843. The molecule has 2 N–H and O–H groups in total. The Labute approximate surface area is 121 Å². The average Bonchev–Trinajstić information content (AvgIpc) is 2.36. The Morgan fingerprint density at radius 2 is 1.95 bits per heavy atom. The first-order chi connectivity index (χ1) is 9.20. The molecule has 1 rings (SSSR count). The van der Waals surface area contributed by atoms with Gasteiger partial charge in [-0.2, -0.15) is 9.57 Å². The second-order valence-electron chi connectivity index (χ2n) is 5.36. The predicted molar refractivity (Wildman–Crippen MR) is 79.4 cm³/mol. The summed E-state index contributed by atoms with van der Waals surface area (Å²) in [5.41, 5.74) is 6.22. The van der Waals surface area contributed by atoms with Crippen molar-refractivity contribution in [2.24, 2.45) is 5.92 Å². The zero-order chi connectivity index (χ0) is 15.5. The van der Waals surface area contributed by atoms with Crippen LogP contribution in [0.4, 0.5) is 5.69 Å². The van der Waals surface area contributed by atoms with E-state index in [-0.39, 0.29) is 16.6 Å². The van der Waals surface area contributed by atoms with Crippen molar-refractivity contribution in [1.82, 2.24) is 4.31 Å². The van der Waals surface area contributed by atoms with Gasteiger partial charge in [-0.3, -0.25) is 0 Å². The summed E-state index contributed by atoms with van der Waals surface area (Å²) in [7, 11) is -2.08. The lowest BCUT2D eigenvalue weighted by Crippen LogP contribution is -2.36. The average molecular weight is 295 g/mol. The van der Waals surface area contributed by atoms with Gasteiger partial charge in [0.25, 0.3) is 0 Å². The first-order valence-corrected chi connectivity index (χ1v) is 7.91. The molecule has 110 valence electrons. The molecule has 0 bridgehead atoms. The first-order valence-electron chi connectivity index (χ1n) is 6.47. The largest absolute Gasteiger partial charge is 0.398 e. The molecule has 1 unspecified atom stereocenters. The summed E-state index contributed by atoms with van der Waals surface area (Å²) in [5, 5.41) is 8.79. The molecule has 0 aliphatic rings. The lowest BCUT2D eigenvalue weighted by Gasteiger charge is -2.26. The highest BCUT2D eigenvalue weighted by Gasteiger charge is 2.27. The molecule has 0 aromatic heterocycles. The smallest absolute Gasteiger partial charge is 0.245 e. The highest BCUT2D eigenvalue weighted by molar-refractivity contribution is 7.89. The second kappa shape index (κ2) is 6.25. The van der Waals surface area contributed by atoms with Gasteiger partial charge in [-0.05, 0) is 37.5 Å². The van der Waals surface area contributed by atoms with E-state index in [1.807, 2.05) is 26.8 Å². The Morgan fingerprint density at radius 1 is 1.35 bits per heavy atom. The van der Waals surface area contributed by atoms with Gasteiger partial charge in [0.1, 0.15) is 4.90 Å². The maximum absolute atomic E-state index is 12.5. The van der Waals surface area contributed by atoms with Gasteiger partial charge < -0.3 is 5.73 Å². The molecule has 5 nitrogen and oxygen atoms in total. The van der Waals surface area contributed by atoms with Gasteiger partial charge in [-0.1, -0.05) is 13.8 Å². The number of nitriles is 1. The van der Waals surface area contributed by atoms with Crippen LogP contribution in [0.1, 0.15) is 32.8 Å². The van der Waals surface area contributed by atoms with Crippen molar-refractivity contribution in [3.05, 3.63) is 23.8 Å². The molecule has 1 aromatic carbocycles. The van der Waals surface area contributed by atoms with Crippen LogP contribution in [0, 0.1) is 17.2 Å². The number of sulfonamides is 1. The molecule has 0 aliphatic heterocycles. The Bertz CT molecular complexity index is 618. The molecule has 20 heavy (non-hydrogen) atoms. The van der Waals surface area contributed by atoms with E-state index < -0.39 is 10.0 Å². The van der Waals surface area contributed by atoms with Crippen molar-refractivity contribution in [2.45, 2.75) is 38.1 Å². The van der Waals surface area contributed by atoms with Crippen LogP contribution >= 0.6 is 0 Å². The van der Waals surface area contributed by atoms with Gasteiger partial charge in [-0.15, -0.1) is 0 Å². The van der Waals surface area contributed by atoms with Gasteiger partial charge in [0, 0.05) is 13.1 Å². The molecule has 1 aromatic rings. The fourth-order valence-electron chi connectivity index (χ4n) is 2.08. The maximum Gasteiger partial charge on any atom is 0.245 e. The van der Waals surface area contributed by atoms with E-state index in [1.165, 1.54) is 22.5 Å². The summed E-state index contributed by atoms with van der Waals surface area (Å²) in [6.45, 7) is 5.97. The van der Waals surface area contributed by atoms with Crippen LogP contribution in [0.15, 0.2) is 23.1 Å². The SMILES string of the molecule is CC(C)CC(C)N(C)S(=O)(=O)c1ccc(C#N)cc1N. The summed E-state index contributed by atoms with van der Waals surface area (Å²) in [4.78, 5) is 0.0506. The normalized spacial score (nSPS) is 13.4. The minimum Gasteiger partial charge on any atom is -0.398 e. The van der Waals surface area contributed by atoms with E-state index in [0.29, 0.717) is 11.5 Å². The summed E-state index contributed by atoms with van der Waals surface area (Å²) < 4.78 is 26.4. The minimum absolute atomic E-state index is 0.0506. The highest BCUT2D eigenvalue weighted by Crippen LogP contribution is 2.25. The van der Waals surface area contributed by atoms with Crippen molar-refractivity contribution in [3.8, 4) is 6.07 Å². The van der Waals surface area contributed by atoms with Crippen LogP contribution in [0.25, 0.3) is 0 Å². The summed E-state index contributed by atoms with van der Waals surface area (Å²) in [6.07, 6.45) is 0.770. The van der Waals surface area contributed by atoms with Crippen LogP contribution in [0.2, 0.25) is 0 Å². The summed E-state index contributed by atoms with van der Waals surface area (Å²) in [5.74, 6) is 0.404. The molecule has 0 spiro atoms. The zero-order valence-electron chi connectivity index (χ0n) is 12.3. The molecular formula is C14H21N3O2S. The Hall–Kier alpha value is -1.58. The fourth-order valence-corrected chi connectivity index (χ4v) is 3.54. The van der Waals surface area contributed by atoms with Crippen LogP contribution in [0.5, 0.6) is 0 Å². The number of hydrogen-bond donors (Lipinski definition) is 1. The molecule has 0 radical (unpaired) electrons. The molecule has 0 amide bonds. The molecule has 0 saturated carbocycles. The third-order valence-corrected chi connectivity index (χ3v) is 5.27. The second-order valence-corrected chi connectivity index (χ2v) is 7.33. The van der Waals surface area contributed by atoms with Crippen LogP contribution in [-0.4, -0.2) is 25.8 Å². The molecule has 0 fully saturated rings. The molecule has 0 heterocycles. The van der Waals surface area contributed by atoms with Crippen molar-refractivity contribution in [1.29, 1.82) is 5.26 Å². The van der Waals surface area contributed by atoms with Gasteiger partial charge in [0.2, 0.25) is 10.0 Å². The van der Waals surface area contributed by atoms with E-state index in [9.17, 15) is 8.42 Å². The monoisotopic (exact) mass is 295 g/mol. The van der Waals surface area contributed by atoms with Crippen LogP contribution in [0.3, 0.4) is 0 Å². The fraction of sp³-hybridized carbons (Fsp3) is 0.500. The topological polar surface area (TPSA) is 87.2 Å². The maximum atomic E-state index is 12.5. The van der Waals surface area contributed by atoms with E-state index in [4.69, 9.17) is 11.0 Å². The number of nitrogen functional groups attached to an aromatic ring is 1.